The first kappa shape index (κ1) is 10.6. The summed E-state index contributed by atoms with van der Waals surface area (Å²) < 4.78 is 5.34. The number of morpholine rings is 1. The molecule has 0 radical (unpaired) electrons. The van der Waals surface area contributed by atoms with Gasteiger partial charge in [-0.3, -0.25) is 0 Å². The fraction of sp³-hybridized carbons (Fsp3) is 0.818. The number of allylic oxidation sites excluding steroid dienone is 2. The third-order valence-electron chi connectivity index (χ3n) is 2.39. The fourth-order valence-electron chi connectivity index (χ4n) is 1.89. The zero-order valence-corrected chi connectivity index (χ0v) is 9.26. The van der Waals surface area contributed by atoms with Gasteiger partial charge in [0.25, 0.3) is 0 Å². The second kappa shape index (κ2) is 4.14. The van der Waals surface area contributed by atoms with Gasteiger partial charge < -0.3 is 9.64 Å². The third kappa shape index (κ3) is 2.73. The van der Waals surface area contributed by atoms with Gasteiger partial charge in [-0.05, 0) is 6.92 Å². The Kier molecular flexibility index (Phi) is 3.37. The molecular weight excluding hydrogens is 162 g/mol. The maximum absolute atomic E-state index is 5.34. The third-order valence-corrected chi connectivity index (χ3v) is 2.39. The highest BCUT2D eigenvalue weighted by molar-refractivity contribution is 5.09. The SMILES string of the molecule is C/C=C(/N1CCOCC1)C(C)(C)C. The first-order valence-corrected chi connectivity index (χ1v) is 5.05. The Bertz CT molecular complexity index is 185. The molecule has 2 heteroatoms. The van der Waals surface area contributed by atoms with Crippen molar-refractivity contribution in [1.82, 2.24) is 4.90 Å². The molecule has 0 bridgehead atoms. The van der Waals surface area contributed by atoms with E-state index in [0.29, 0.717) is 0 Å². The van der Waals surface area contributed by atoms with Crippen LogP contribution in [0.3, 0.4) is 0 Å². The molecule has 2 nitrogen and oxygen atoms in total. The molecule has 0 amide bonds. The van der Waals surface area contributed by atoms with Gasteiger partial charge in [0.2, 0.25) is 0 Å². The van der Waals surface area contributed by atoms with Gasteiger partial charge >= 0.3 is 0 Å². The Balaban J connectivity index is 2.66. The summed E-state index contributed by atoms with van der Waals surface area (Å²) in [6.45, 7) is 12.7. The molecule has 1 aliphatic rings. The van der Waals surface area contributed by atoms with Gasteiger partial charge in [0.05, 0.1) is 13.2 Å². The predicted octanol–water partition coefficient (Wildman–Crippen LogP) is 2.27. The monoisotopic (exact) mass is 183 g/mol. The lowest BCUT2D eigenvalue weighted by atomic mass is 9.90. The average molecular weight is 183 g/mol. The van der Waals surface area contributed by atoms with Gasteiger partial charge in [0.1, 0.15) is 0 Å². The predicted molar refractivity (Wildman–Crippen MR) is 55.6 cm³/mol. The molecule has 0 spiro atoms. The smallest absolute Gasteiger partial charge is 0.0642 e. The van der Waals surface area contributed by atoms with E-state index in [9.17, 15) is 0 Å². The highest BCUT2D eigenvalue weighted by Gasteiger charge is 2.23. The van der Waals surface area contributed by atoms with E-state index in [4.69, 9.17) is 4.74 Å². The number of ether oxygens (including phenoxy) is 1. The summed E-state index contributed by atoms with van der Waals surface area (Å²) in [5.74, 6) is 0. The van der Waals surface area contributed by atoms with Gasteiger partial charge in [-0.25, -0.2) is 0 Å². The van der Waals surface area contributed by atoms with Crippen molar-refractivity contribution in [3.05, 3.63) is 11.8 Å². The molecule has 0 aromatic carbocycles. The minimum atomic E-state index is 0.256. The number of hydrogen-bond acceptors (Lipinski definition) is 2. The fourth-order valence-corrected chi connectivity index (χ4v) is 1.89. The average Bonchev–Trinajstić information content (AvgIpc) is 2.05. The molecule has 1 rings (SSSR count). The van der Waals surface area contributed by atoms with E-state index < -0.39 is 0 Å². The molecule has 0 unspecified atom stereocenters. The molecule has 0 saturated carbocycles. The Labute approximate surface area is 81.6 Å². The van der Waals surface area contributed by atoms with Crippen LogP contribution in [0.2, 0.25) is 0 Å². The second-order valence-corrected chi connectivity index (χ2v) is 4.52. The molecule has 0 aromatic heterocycles. The van der Waals surface area contributed by atoms with E-state index >= 15 is 0 Å². The van der Waals surface area contributed by atoms with Crippen LogP contribution in [0.25, 0.3) is 0 Å². The van der Waals surface area contributed by atoms with Crippen molar-refractivity contribution in [3.8, 4) is 0 Å². The number of nitrogens with zero attached hydrogens (tertiary/aromatic N) is 1. The number of hydrogen-bond donors (Lipinski definition) is 0. The Morgan fingerprint density at radius 3 is 2.15 bits per heavy atom. The van der Waals surface area contributed by atoms with Crippen LogP contribution in [0.4, 0.5) is 0 Å². The van der Waals surface area contributed by atoms with E-state index in [0.717, 1.165) is 26.3 Å². The summed E-state index contributed by atoms with van der Waals surface area (Å²) in [7, 11) is 0. The van der Waals surface area contributed by atoms with Crippen LogP contribution in [0, 0.1) is 5.41 Å². The van der Waals surface area contributed by atoms with Crippen LogP contribution >= 0.6 is 0 Å². The molecule has 0 atom stereocenters. The van der Waals surface area contributed by atoms with E-state index in [-0.39, 0.29) is 5.41 Å². The van der Waals surface area contributed by atoms with E-state index in [2.05, 4.69) is 38.7 Å². The molecule has 0 N–H and O–H groups in total. The van der Waals surface area contributed by atoms with Crippen molar-refractivity contribution >= 4 is 0 Å². The van der Waals surface area contributed by atoms with Crippen molar-refractivity contribution in [2.24, 2.45) is 5.41 Å². The summed E-state index contributed by atoms with van der Waals surface area (Å²) in [5, 5.41) is 0. The largest absolute Gasteiger partial charge is 0.378 e. The Morgan fingerprint density at radius 1 is 1.23 bits per heavy atom. The van der Waals surface area contributed by atoms with Crippen molar-refractivity contribution < 1.29 is 4.74 Å². The molecule has 1 aliphatic heterocycles. The first-order chi connectivity index (χ1) is 6.05. The zero-order chi connectivity index (χ0) is 9.90. The van der Waals surface area contributed by atoms with Gasteiger partial charge in [-0.15, -0.1) is 0 Å². The van der Waals surface area contributed by atoms with Crippen molar-refractivity contribution in [2.75, 3.05) is 26.3 Å². The molecule has 0 aliphatic carbocycles. The lowest BCUT2D eigenvalue weighted by Gasteiger charge is -2.37. The normalized spacial score (nSPS) is 20.6. The quantitative estimate of drug-likeness (QED) is 0.618. The molecule has 1 saturated heterocycles. The minimum absolute atomic E-state index is 0.256. The number of rotatable bonds is 1. The molecule has 1 heterocycles. The summed E-state index contributed by atoms with van der Waals surface area (Å²) in [5.41, 5.74) is 1.70. The van der Waals surface area contributed by atoms with Crippen LogP contribution in [0.5, 0.6) is 0 Å². The lowest BCUT2D eigenvalue weighted by Crippen LogP contribution is -2.39. The van der Waals surface area contributed by atoms with Crippen LogP contribution in [0.1, 0.15) is 27.7 Å². The van der Waals surface area contributed by atoms with Gasteiger partial charge in [0.15, 0.2) is 0 Å². The van der Waals surface area contributed by atoms with Crippen LogP contribution in [-0.2, 0) is 4.74 Å². The Hall–Kier alpha value is -0.500. The van der Waals surface area contributed by atoms with Crippen molar-refractivity contribution in [1.29, 1.82) is 0 Å². The van der Waals surface area contributed by atoms with Gasteiger partial charge in [-0.1, -0.05) is 26.8 Å². The van der Waals surface area contributed by atoms with E-state index in [1.54, 1.807) is 0 Å². The van der Waals surface area contributed by atoms with Gasteiger partial charge in [0, 0.05) is 24.2 Å². The van der Waals surface area contributed by atoms with Crippen molar-refractivity contribution in [3.63, 3.8) is 0 Å². The second-order valence-electron chi connectivity index (χ2n) is 4.52. The maximum atomic E-state index is 5.34. The van der Waals surface area contributed by atoms with E-state index in [1.165, 1.54) is 5.70 Å². The van der Waals surface area contributed by atoms with E-state index in [1.807, 2.05) is 0 Å². The molecule has 76 valence electrons. The van der Waals surface area contributed by atoms with Gasteiger partial charge in [-0.2, -0.15) is 0 Å². The highest BCUT2D eigenvalue weighted by atomic mass is 16.5. The summed E-state index contributed by atoms with van der Waals surface area (Å²) >= 11 is 0. The molecular formula is C11H21NO. The summed E-state index contributed by atoms with van der Waals surface area (Å²) in [4.78, 5) is 2.43. The van der Waals surface area contributed by atoms with Crippen molar-refractivity contribution in [2.45, 2.75) is 27.7 Å². The summed E-state index contributed by atoms with van der Waals surface area (Å²) in [6.07, 6.45) is 2.23. The van der Waals surface area contributed by atoms with Crippen LogP contribution < -0.4 is 0 Å². The summed E-state index contributed by atoms with van der Waals surface area (Å²) in [6, 6.07) is 0. The van der Waals surface area contributed by atoms with Crippen LogP contribution in [-0.4, -0.2) is 31.2 Å². The Morgan fingerprint density at radius 2 is 1.77 bits per heavy atom. The minimum Gasteiger partial charge on any atom is -0.378 e. The standard InChI is InChI=1S/C11H21NO/c1-5-10(11(2,3)4)12-6-8-13-9-7-12/h5H,6-9H2,1-4H3/b10-5+. The highest BCUT2D eigenvalue weighted by Crippen LogP contribution is 2.28. The molecule has 13 heavy (non-hydrogen) atoms. The molecule has 1 fully saturated rings. The zero-order valence-electron chi connectivity index (χ0n) is 9.26. The topological polar surface area (TPSA) is 12.5 Å². The lowest BCUT2D eigenvalue weighted by molar-refractivity contribution is 0.0446. The maximum Gasteiger partial charge on any atom is 0.0642 e. The first-order valence-electron chi connectivity index (χ1n) is 5.05. The molecule has 0 aromatic rings. The van der Waals surface area contributed by atoms with Crippen LogP contribution in [0.15, 0.2) is 11.8 Å².